The topological polar surface area (TPSA) is 79.8 Å². The van der Waals surface area contributed by atoms with E-state index in [2.05, 4.69) is 22.8 Å². The van der Waals surface area contributed by atoms with E-state index in [1.165, 1.54) is 57.8 Å². The van der Waals surface area contributed by atoms with E-state index in [0.717, 1.165) is 24.2 Å². The number of unbranched alkanes of at least 4 members (excludes halogenated alkanes) is 10. The summed E-state index contributed by atoms with van der Waals surface area (Å²) in [5, 5.41) is 6.53. The summed E-state index contributed by atoms with van der Waals surface area (Å²) < 4.78 is 5.08. The Morgan fingerprint density at radius 2 is 1.43 bits per heavy atom. The van der Waals surface area contributed by atoms with Crippen LogP contribution in [0.15, 0.2) is 29.4 Å². The molecule has 2 N–H and O–H groups in total. The fraction of sp³-hybridized carbons (Fsp3) is 0.625. The smallest absolute Gasteiger partial charge is 0.259 e. The fourth-order valence-corrected chi connectivity index (χ4v) is 3.13. The highest BCUT2D eigenvalue weighted by Gasteiger charge is 2.04. The normalized spacial score (nSPS) is 10.9. The standard InChI is InChI=1S/C24H39N3O3/c1-3-4-5-6-7-8-9-10-11-12-13-14-23(28)25-20-24(29)27-26-19-21-15-17-22(30-2)18-16-21/h15-19H,3-14,20H2,1-2H3,(H,25,28)(H,27,29)/b26-19+. The highest BCUT2D eigenvalue weighted by Crippen LogP contribution is 2.12. The zero-order valence-corrected chi connectivity index (χ0v) is 18.8. The lowest BCUT2D eigenvalue weighted by Crippen LogP contribution is -2.34. The van der Waals surface area contributed by atoms with Gasteiger partial charge in [-0.15, -0.1) is 0 Å². The number of carbonyl (C=O) groups excluding carboxylic acids is 2. The van der Waals surface area contributed by atoms with Crippen LogP contribution in [0, 0.1) is 0 Å². The molecule has 1 rings (SSSR count). The maximum absolute atomic E-state index is 11.8. The molecule has 0 saturated carbocycles. The summed E-state index contributed by atoms with van der Waals surface area (Å²) in [4.78, 5) is 23.6. The molecule has 0 aliphatic rings. The van der Waals surface area contributed by atoms with Gasteiger partial charge in [-0.05, 0) is 36.2 Å². The van der Waals surface area contributed by atoms with E-state index in [4.69, 9.17) is 4.74 Å². The minimum atomic E-state index is -0.341. The van der Waals surface area contributed by atoms with E-state index in [-0.39, 0.29) is 18.4 Å². The van der Waals surface area contributed by atoms with Crippen LogP contribution in [0.5, 0.6) is 5.75 Å². The largest absolute Gasteiger partial charge is 0.497 e. The van der Waals surface area contributed by atoms with Crippen LogP contribution in [0.4, 0.5) is 0 Å². The third-order valence-electron chi connectivity index (χ3n) is 4.97. The second kappa shape index (κ2) is 17.5. The Labute approximate surface area is 181 Å². The highest BCUT2D eigenvalue weighted by molar-refractivity contribution is 5.86. The minimum absolute atomic E-state index is 0.0587. The molecule has 0 aromatic heterocycles. The zero-order valence-electron chi connectivity index (χ0n) is 18.8. The molecule has 1 aromatic carbocycles. The van der Waals surface area contributed by atoms with Gasteiger partial charge in [-0.2, -0.15) is 5.10 Å². The molecular weight excluding hydrogens is 378 g/mol. The lowest BCUT2D eigenvalue weighted by molar-refractivity contribution is -0.126. The van der Waals surface area contributed by atoms with Crippen molar-refractivity contribution in [1.82, 2.24) is 10.7 Å². The van der Waals surface area contributed by atoms with Crippen molar-refractivity contribution < 1.29 is 14.3 Å². The van der Waals surface area contributed by atoms with Crippen LogP contribution in [0.25, 0.3) is 0 Å². The zero-order chi connectivity index (χ0) is 21.9. The van der Waals surface area contributed by atoms with Crippen LogP contribution in [-0.4, -0.2) is 31.7 Å². The van der Waals surface area contributed by atoms with Gasteiger partial charge < -0.3 is 10.1 Å². The summed E-state index contributed by atoms with van der Waals surface area (Å²) in [6.45, 7) is 2.19. The van der Waals surface area contributed by atoms with Gasteiger partial charge >= 0.3 is 0 Å². The van der Waals surface area contributed by atoms with Crippen LogP contribution in [-0.2, 0) is 9.59 Å². The minimum Gasteiger partial charge on any atom is -0.497 e. The Kier molecular flexibility index (Phi) is 15.0. The van der Waals surface area contributed by atoms with E-state index < -0.39 is 0 Å². The fourth-order valence-electron chi connectivity index (χ4n) is 3.13. The molecule has 0 heterocycles. The van der Waals surface area contributed by atoms with E-state index in [9.17, 15) is 9.59 Å². The van der Waals surface area contributed by atoms with E-state index in [0.29, 0.717) is 6.42 Å². The second-order valence-electron chi connectivity index (χ2n) is 7.63. The highest BCUT2D eigenvalue weighted by atomic mass is 16.5. The number of hydrogen-bond donors (Lipinski definition) is 2. The summed E-state index contributed by atoms with van der Waals surface area (Å²) in [7, 11) is 1.61. The molecule has 0 aliphatic carbocycles. The molecule has 0 unspecified atom stereocenters. The Hall–Kier alpha value is -2.37. The molecule has 0 fully saturated rings. The van der Waals surface area contributed by atoms with Crippen LogP contribution in [0.3, 0.4) is 0 Å². The number of carbonyl (C=O) groups is 2. The maximum atomic E-state index is 11.8. The molecule has 30 heavy (non-hydrogen) atoms. The monoisotopic (exact) mass is 417 g/mol. The van der Waals surface area contributed by atoms with Crippen molar-refractivity contribution in [2.75, 3.05) is 13.7 Å². The number of ether oxygens (including phenoxy) is 1. The van der Waals surface area contributed by atoms with Crippen molar-refractivity contribution in [3.63, 3.8) is 0 Å². The summed E-state index contributed by atoms with van der Waals surface area (Å²) in [5.41, 5.74) is 3.26. The molecule has 6 heteroatoms. The number of rotatable bonds is 17. The predicted molar refractivity (Wildman–Crippen MR) is 123 cm³/mol. The quantitative estimate of drug-likeness (QED) is 0.213. The molecule has 0 radical (unpaired) electrons. The van der Waals surface area contributed by atoms with Gasteiger partial charge in [-0.3, -0.25) is 9.59 Å². The van der Waals surface area contributed by atoms with Crippen LogP contribution in [0.1, 0.15) is 89.5 Å². The lowest BCUT2D eigenvalue weighted by Gasteiger charge is -2.05. The van der Waals surface area contributed by atoms with E-state index >= 15 is 0 Å². The van der Waals surface area contributed by atoms with E-state index in [1.807, 2.05) is 24.3 Å². The average molecular weight is 418 g/mol. The number of benzene rings is 1. The van der Waals surface area contributed by atoms with Crippen molar-refractivity contribution in [2.24, 2.45) is 5.10 Å². The van der Waals surface area contributed by atoms with Gasteiger partial charge in [0, 0.05) is 6.42 Å². The van der Waals surface area contributed by atoms with Crippen molar-refractivity contribution in [1.29, 1.82) is 0 Å². The van der Waals surface area contributed by atoms with Crippen molar-refractivity contribution in [3.05, 3.63) is 29.8 Å². The van der Waals surface area contributed by atoms with Crippen LogP contribution in [0.2, 0.25) is 0 Å². The van der Waals surface area contributed by atoms with E-state index in [1.54, 1.807) is 13.3 Å². The predicted octanol–water partition coefficient (Wildman–Crippen LogP) is 4.96. The molecule has 6 nitrogen and oxygen atoms in total. The van der Waals surface area contributed by atoms with Gasteiger partial charge in [-0.1, -0.05) is 71.1 Å². The number of hydrogen-bond acceptors (Lipinski definition) is 4. The molecule has 1 aromatic rings. The van der Waals surface area contributed by atoms with Gasteiger partial charge in [0.1, 0.15) is 5.75 Å². The number of hydrazone groups is 1. The number of nitrogens with zero attached hydrogens (tertiary/aromatic N) is 1. The third kappa shape index (κ3) is 13.7. The molecule has 2 amide bonds. The van der Waals surface area contributed by atoms with Gasteiger partial charge in [0.25, 0.3) is 5.91 Å². The second-order valence-corrected chi connectivity index (χ2v) is 7.63. The van der Waals surface area contributed by atoms with Gasteiger partial charge in [-0.25, -0.2) is 5.43 Å². The first-order valence-electron chi connectivity index (χ1n) is 11.4. The Bertz CT molecular complexity index is 615. The van der Waals surface area contributed by atoms with Gasteiger partial charge in [0.2, 0.25) is 5.91 Å². The molecule has 0 atom stereocenters. The Morgan fingerprint density at radius 1 is 0.867 bits per heavy atom. The molecular formula is C24H39N3O3. The molecule has 0 aliphatic heterocycles. The lowest BCUT2D eigenvalue weighted by atomic mass is 10.1. The Morgan fingerprint density at radius 3 is 2.00 bits per heavy atom. The summed E-state index contributed by atoms with van der Waals surface area (Å²) >= 11 is 0. The van der Waals surface area contributed by atoms with Gasteiger partial charge in [0.05, 0.1) is 19.9 Å². The number of methoxy groups -OCH3 is 1. The number of nitrogens with one attached hydrogen (secondary N) is 2. The Balaban J connectivity index is 1.97. The first kappa shape index (κ1) is 25.7. The van der Waals surface area contributed by atoms with Crippen molar-refractivity contribution in [2.45, 2.75) is 84.0 Å². The molecule has 0 saturated heterocycles. The average Bonchev–Trinajstić information content (AvgIpc) is 2.76. The van der Waals surface area contributed by atoms with Gasteiger partial charge in [0.15, 0.2) is 0 Å². The first-order valence-corrected chi connectivity index (χ1v) is 11.4. The van der Waals surface area contributed by atoms with Crippen molar-refractivity contribution in [3.8, 4) is 5.75 Å². The maximum Gasteiger partial charge on any atom is 0.259 e. The number of amides is 2. The van der Waals surface area contributed by atoms with Crippen molar-refractivity contribution >= 4 is 18.0 Å². The SMILES string of the molecule is CCCCCCCCCCCCCC(=O)NCC(=O)N/N=C/c1ccc(OC)cc1. The molecule has 0 bridgehead atoms. The third-order valence-corrected chi connectivity index (χ3v) is 4.97. The van der Waals surface area contributed by atoms with Crippen LogP contribution >= 0.6 is 0 Å². The summed E-state index contributed by atoms with van der Waals surface area (Å²) in [5.74, 6) is 0.337. The van der Waals surface area contributed by atoms with Crippen LogP contribution < -0.4 is 15.5 Å². The summed E-state index contributed by atoms with van der Waals surface area (Å²) in [6, 6.07) is 7.31. The molecule has 0 spiro atoms. The molecule has 168 valence electrons. The first-order chi connectivity index (χ1) is 14.7. The summed E-state index contributed by atoms with van der Waals surface area (Å²) in [6.07, 6.45) is 15.8.